The van der Waals surface area contributed by atoms with Gasteiger partial charge in [-0.1, -0.05) is 13.3 Å². The van der Waals surface area contributed by atoms with Gasteiger partial charge >= 0.3 is 0 Å². The molecule has 1 fully saturated rings. The van der Waals surface area contributed by atoms with E-state index in [1.807, 2.05) is 11.4 Å². The number of thiol groups is 1. The largest absolute Gasteiger partial charge is 0.351 e. The lowest BCUT2D eigenvalue weighted by atomic mass is 9.67. The molecule has 2 rings (SSSR count). The molecular weight excluding hydrogens is 238 g/mol. The Morgan fingerprint density at radius 3 is 2.81 bits per heavy atom. The number of carbonyl (C=O) groups excluding carboxylic acids is 1. The average Bonchev–Trinajstić information content (AvgIpc) is 2.64. The molecule has 1 N–H and O–H groups in total. The average molecular weight is 255 g/mol. The van der Waals surface area contributed by atoms with Crippen LogP contribution in [0.4, 0.5) is 0 Å². The molecule has 0 radical (unpaired) electrons. The number of rotatable bonds is 4. The van der Waals surface area contributed by atoms with Gasteiger partial charge in [0.05, 0.1) is 4.88 Å². The van der Waals surface area contributed by atoms with E-state index in [1.165, 1.54) is 30.6 Å². The number of carbonyl (C=O) groups is 1. The molecule has 0 unspecified atom stereocenters. The first-order valence-corrected chi connectivity index (χ1v) is 7.04. The van der Waals surface area contributed by atoms with Crippen LogP contribution in [0.15, 0.2) is 16.3 Å². The Bertz CT molecular complexity index is 377. The van der Waals surface area contributed by atoms with Crippen LogP contribution in [0.2, 0.25) is 0 Å². The summed E-state index contributed by atoms with van der Waals surface area (Å²) in [5, 5.41) is 4.93. The third-order valence-electron chi connectivity index (χ3n) is 3.60. The molecule has 88 valence electrons. The third kappa shape index (κ3) is 2.43. The highest BCUT2D eigenvalue weighted by atomic mass is 32.1. The van der Waals surface area contributed by atoms with E-state index in [-0.39, 0.29) is 5.91 Å². The van der Waals surface area contributed by atoms with Gasteiger partial charge in [0, 0.05) is 16.8 Å². The van der Waals surface area contributed by atoms with Crippen molar-refractivity contribution in [1.29, 1.82) is 0 Å². The normalized spacial score (nSPS) is 17.9. The van der Waals surface area contributed by atoms with Crippen LogP contribution < -0.4 is 5.32 Å². The Hall–Kier alpha value is -0.480. The van der Waals surface area contributed by atoms with Gasteiger partial charge in [-0.3, -0.25) is 4.79 Å². The summed E-state index contributed by atoms with van der Waals surface area (Å²) in [6.45, 7) is 3.03. The number of thiophene rings is 1. The lowest BCUT2D eigenvalue weighted by molar-refractivity contribution is 0.0853. The van der Waals surface area contributed by atoms with Gasteiger partial charge in [0.15, 0.2) is 0 Å². The Kier molecular flexibility index (Phi) is 3.60. The summed E-state index contributed by atoms with van der Waals surface area (Å²) < 4.78 is 0. The molecule has 2 nitrogen and oxygen atoms in total. The van der Waals surface area contributed by atoms with E-state index >= 15 is 0 Å². The fourth-order valence-corrected chi connectivity index (χ4v) is 3.20. The van der Waals surface area contributed by atoms with Crippen LogP contribution in [0.5, 0.6) is 0 Å². The van der Waals surface area contributed by atoms with Gasteiger partial charge in [-0.2, -0.15) is 0 Å². The second-order valence-corrected chi connectivity index (χ2v) is 5.99. The Morgan fingerprint density at radius 1 is 1.62 bits per heavy atom. The maximum Gasteiger partial charge on any atom is 0.261 e. The van der Waals surface area contributed by atoms with Gasteiger partial charge in [0.2, 0.25) is 0 Å². The van der Waals surface area contributed by atoms with Crippen LogP contribution in [0.1, 0.15) is 42.3 Å². The molecule has 1 saturated carbocycles. The number of nitrogens with one attached hydrogen (secondary N) is 1. The van der Waals surface area contributed by atoms with Crippen LogP contribution in [0.25, 0.3) is 0 Å². The smallest absolute Gasteiger partial charge is 0.261 e. The van der Waals surface area contributed by atoms with Gasteiger partial charge in [-0.15, -0.1) is 24.0 Å². The van der Waals surface area contributed by atoms with Crippen molar-refractivity contribution in [3.63, 3.8) is 0 Å². The van der Waals surface area contributed by atoms with Gasteiger partial charge < -0.3 is 5.32 Å². The van der Waals surface area contributed by atoms with Crippen LogP contribution in [0.3, 0.4) is 0 Å². The maximum atomic E-state index is 11.8. The zero-order chi connectivity index (χ0) is 11.6. The van der Waals surface area contributed by atoms with E-state index < -0.39 is 0 Å². The highest BCUT2D eigenvalue weighted by Gasteiger charge is 2.35. The molecule has 1 amide bonds. The van der Waals surface area contributed by atoms with Crippen molar-refractivity contribution in [1.82, 2.24) is 5.32 Å². The van der Waals surface area contributed by atoms with E-state index in [2.05, 4.69) is 24.9 Å². The minimum Gasteiger partial charge on any atom is -0.351 e. The van der Waals surface area contributed by atoms with Crippen LogP contribution in [0, 0.1) is 5.41 Å². The fraction of sp³-hybridized carbons (Fsp3) is 0.583. The van der Waals surface area contributed by atoms with Crippen molar-refractivity contribution in [2.75, 3.05) is 6.54 Å². The lowest BCUT2D eigenvalue weighted by Gasteiger charge is -2.41. The molecule has 1 aliphatic rings. The number of hydrogen-bond donors (Lipinski definition) is 2. The molecule has 1 aliphatic carbocycles. The summed E-state index contributed by atoms with van der Waals surface area (Å²) in [5.41, 5.74) is 0.386. The van der Waals surface area contributed by atoms with E-state index in [4.69, 9.17) is 0 Å². The highest BCUT2D eigenvalue weighted by molar-refractivity contribution is 7.80. The van der Waals surface area contributed by atoms with Crippen LogP contribution in [-0.4, -0.2) is 12.5 Å². The summed E-state index contributed by atoms with van der Waals surface area (Å²) in [5.74, 6) is 0.0463. The van der Waals surface area contributed by atoms with Crippen LogP contribution in [-0.2, 0) is 0 Å². The molecule has 4 heteroatoms. The van der Waals surface area contributed by atoms with Crippen molar-refractivity contribution in [3.8, 4) is 0 Å². The second kappa shape index (κ2) is 4.80. The predicted octanol–water partition coefficient (Wildman–Crippen LogP) is 3.35. The molecule has 1 aromatic rings. The first-order valence-electron chi connectivity index (χ1n) is 5.71. The standard InChI is InChI=1S/C12H17NOS2/c1-2-12(4-3-5-12)8-13-11(14)10-6-9(15)7-16-10/h6-7,15H,2-5,8H2,1H3,(H,13,14). The first-order chi connectivity index (χ1) is 7.65. The Balaban J connectivity index is 1.88. The van der Waals surface area contributed by atoms with Crippen molar-refractivity contribution in [2.24, 2.45) is 5.41 Å². The Morgan fingerprint density at radius 2 is 2.38 bits per heavy atom. The summed E-state index contributed by atoms with van der Waals surface area (Å²) >= 11 is 5.66. The van der Waals surface area contributed by atoms with Gasteiger partial charge in [-0.25, -0.2) is 0 Å². The monoisotopic (exact) mass is 255 g/mol. The number of hydrogen-bond acceptors (Lipinski definition) is 3. The molecule has 1 aromatic heterocycles. The molecule has 0 aliphatic heterocycles. The second-order valence-electron chi connectivity index (χ2n) is 4.56. The number of amides is 1. The zero-order valence-electron chi connectivity index (χ0n) is 9.45. The van der Waals surface area contributed by atoms with Crippen molar-refractivity contribution < 1.29 is 4.79 Å². The van der Waals surface area contributed by atoms with Gasteiger partial charge in [0.1, 0.15) is 0 Å². The molecule has 0 atom stereocenters. The lowest BCUT2D eigenvalue weighted by Crippen LogP contribution is -2.41. The summed E-state index contributed by atoms with van der Waals surface area (Å²) in [6, 6.07) is 1.82. The zero-order valence-corrected chi connectivity index (χ0v) is 11.2. The van der Waals surface area contributed by atoms with Gasteiger partial charge in [0.25, 0.3) is 5.91 Å². The van der Waals surface area contributed by atoms with E-state index in [1.54, 1.807) is 0 Å². The minimum atomic E-state index is 0.0463. The van der Waals surface area contributed by atoms with Crippen molar-refractivity contribution >= 4 is 29.9 Å². The third-order valence-corrected chi connectivity index (χ3v) is 4.96. The van der Waals surface area contributed by atoms with Crippen LogP contribution >= 0.6 is 24.0 Å². The van der Waals surface area contributed by atoms with Gasteiger partial charge in [-0.05, 0) is 30.7 Å². The van der Waals surface area contributed by atoms with E-state index in [0.29, 0.717) is 5.41 Å². The predicted molar refractivity (Wildman–Crippen MR) is 70.5 cm³/mol. The van der Waals surface area contributed by atoms with Crippen molar-refractivity contribution in [3.05, 3.63) is 16.3 Å². The van der Waals surface area contributed by atoms with Crippen molar-refractivity contribution in [2.45, 2.75) is 37.5 Å². The molecule has 0 bridgehead atoms. The molecular formula is C12H17NOS2. The summed E-state index contributed by atoms with van der Waals surface area (Å²) in [6.07, 6.45) is 4.98. The fourth-order valence-electron chi connectivity index (χ4n) is 2.13. The molecule has 16 heavy (non-hydrogen) atoms. The summed E-state index contributed by atoms with van der Waals surface area (Å²) in [7, 11) is 0. The molecule has 0 saturated heterocycles. The summed E-state index contributed by atoms with van der Waals surface area (Å²) in [4.78, 5) is 13.5. The molecule has 1 heterocycles. The minimum absolute atomic E-state index is 0.0463. The van der Waals surface area contributed by atoms with E-state index in [0.717, 1.165) is 22.7 Å². The maximum absolute atomic E-state index is 11.8. The topological polar surface area (TPSA) is 29.1 Å². The molecule has 0 spiro atoms. The molecule has 0 aromatic carbocycles. The highest BCUT2D eigenvalue weighted by Crippen LogP contribution is 2.43. The Labute approximate surface area is 106 Å². The quantitative estimate of drug-likeness (QED) is 0.794. The SMILES string of the molecule is CCC1(CNC(=O)c2cc(S)cs2)CCC1. The first kappa shape index (κ1) is 12.0. The van der Waals surface area contributed by atoms with E-state index in [9.17, 15) is 4.79 Å².